The zero-order valence-electron chi connectivity index (χ0n) is 9.37. The number of aromatic nitrogens is 3. The molecule has 0 atom stereocenters. The molecule has 0 unspecified atom stereocenters. The first-order chi connectivity index (χ1) is 8.94. The summed E-state index contributed by atoms with van der Waals surface area (Å²) in [4.78, 5) is 22.8. The van der Waals surface area contributed by atoms with E-state index in [-0.39, 0.29) is 27.5 Å². The Morgan fingerprint density at radius 1 is 1.16 bits per heavy atom. The van der Waals surface area contributed by atoms with Crippen LogP contribution in [0.25, 0.3) is 0 Å². The molecule has 98 valence electrons. The van der Waals surface area contributed by atoms with Gasteiger partial charge in [0.2, 0.25) is 0 Å². The van der Waals surface area contributed by atoms with Gasteiger partial charge in [-0.1, -0.05) is 11.6 Å². The van der Waals surface area contributed by atoms with Crippen LogP contribution in [0.2, 0.25) is 5.15 Å². The van der Waals surface area contributed by atoms with E-state index < -0.39 is 5.97 Å². The first-order valence-corrected chi connectivity index (χ1v) is 6.12. The number of nitrogen functional groups attached to an aromatic ring is 2. The predicted octanol–water partition coefficient (Wildman–Crippen LogP) is 1.54. The summed E-state index contributed by atoms with van der Waals surface area (Å²) in [5, 5.41) is 9.60. The van der Waals surface area contributed by atoms with Gasteiger partial charge < -0.3 is 16.6 Å². The highest BCUT2D eigenvalue weighted by atomic mass is 35.5. The van der Waals surface area contributed by atoms with Crippen LogP contribution in [0.4, 0.5) is 11.6 Å². The van der Waals surface area contributed by atoms with E-state index in [1.807, 2.05) is 0 Å². The molecule has 0 saturated heterocycles. The predicted molar refractivity (Wildman–Crippen MR) is 71.2 cm³/mol. The molecule has 19 heavy (non-hydrogen) atoms. The molecule has 0 aliphatic heterocycles. The van der Waals surface area contributed by atoms with Gasteiger partial charge in [-0.3, -0.25) is 0 Å². The highest BCUT2D eigenvalue weighted by molar-refractivity contribution is 7.99. The summed E-state index contributed by atoms with van der Waals surface area (Å²) in [7, 11) is 0. The second-order valence-electron chi connectivity index (χ2n) is 3.42. The van der Waals surface area contributed by atoms with E-state index in [9.17, 15) is 4.79 Å². The van der Waals surface area contributed by atoms with Gasteiger partial charge in [0.25, 0.3) is 0 Å². The Morgan fingerprint density at radius 2 is 1.79 bits per heavy atom. The molecule has 0 bridgehead atoms. The Labute approximate surface area is 117 Å². The first-order valence-electron chi connectivity index (χ1n) is 4.93. The van der Waals surface area contributed by atoms with Gasteiger partial charge in [0.05, 0.1) is 5.56 Å². The van der Waals surface area contributed by atoms with E-state index in [0.717, 1.165) is 11.8 Å². The molecule has 0 amide bonds. The second kappa shape index (κ2) is 5.29. The van der Waals surface area contributed by atoms with Crippen molar-refractivity contribution in [1.82, 2.24) is 15.0 Å². The van der Waals surface area contributed by atoms with Crippen molar-refractivity contribution < 1.29 is 9.90 Å². The van der Waals surface area contributed by atoms with Crippen molar-refractivity contribution in [1.29, 1.82) is 0 Å². The third-order valence-electron chi connectivity index (χ3n) is 1.96. The quantitative estimate of drug-likeness (QED) is 0.575. The van der Waals surface area contributed by atoms with Crippen LogP contribution in [-0.2, 0) is 0 Å². The summed E-state index contributed by atoms with van der Waals surface area (Å²) < 4.78 is 0. The lowest BCUT2D eigenvalue weighted by Gasteiger charge is -2.03. The minimum absolute atomic E-state index is 0.0272. The molecule has 0 aromatic carbocycles. The van der Waals surface area contributed by atoms with Gasteiger partial charge in [0.1, 0.15) is 21.8 Å². The number of carbonyl (C=O) groups is 1. The maximum atomic E-state index is 10.9. The maximum Gasteiger partial charge on any atom is 0.335 e. The molecule has 0 spiro atoms. The molecule has 0 radical (unpaired) electrons. The molecule has 0 aliphatic rings. The normalized spacial score (nSPS) is 10.4. The topological polar surface area (TPSA) is 128 Å². The Balaban J connectivity index is 2.35. The number of rotatable bonds is 3. The standard InChI is InChI=1S/C10H8ClN5O2S/c11-5-1-4(9(17)18)2-8(14-5)19-10-15-6(12)3-7(13)16-10/h1-3H,(H,17,18)(H4,12,13,15,16). The molecule has 2 heterocycles. The van der Waals surface area contributed by atoms with Crippen molar-refractivity contribution in [2.45, 2.75) is 10.2 Å². The van der Waals surface area contributed by atoms with Crippen LogP contribution in [0.1, 0.15) is 10.4 Å². The van der Waals surface area contributed by atoms with Crippen LogP contribution in [0.5, 0.6) is 0 Å². The van der Waals surface area contributed by atoms with Crippen LogP contribution >= 0.6 is 23.4 Å². The lowest BCUT2D eigenvalue weighted by atomic mass is 10.3. The maximum absolute atomic E-state index is 10.9. The largest absolute Gasteiger partial charge is 0.478 e. The number of anilines is 2. The van der Waals surface area contributed by atoms with Crippen LogP contribution in [0, 0.1) is 0 Å². The summed E-state index contributed by atoms with van der Waals surface area (Å²) in [5.74, 6) is -0.662. The number of hydrogen-bond acceptors (Lipinski definition) is 7. The number of pyridine rings is 1. The molecule has 0 saturated carbocycles. The number of carboxylic acid groups (broad SMARTS) is 1. The highest BCUT2D eigenvalue weighted by Gasteiger charge is 2.10. The number of hydrogen-bond donors (Lipinski definition) is 3. The van der Waals surface area contributed by atoms with Crippen molar-refractivity contribution in [3.63, 3.8) is 0 Å². The SMILES string of the molecule is Nc1cc(N)nc(Sc2cc(C(=O)O)cc(Cl)n2)n1. The average molecular weight is 298 g/mol. The monoisotopic (exact) mass is 297 g/mol. The Morgan fingerprint density at radius 3 is 2.37 bits per heavy atom. The van der Waals surface area contributed by atoms with E-state index >= 15 is 0 Å². The molecule has 0 aliphatic carbocycles. The van der Waals surface area contributed by atoms with E-state index in [1.54, 1.807) is 0 Å². The van der Waals surface area contributed by atoms with E-state index in [4.69, 9.17) is 28.2 Å². The fraction of sp³-hybridized carbons (Fsp3) is 0. The fourth-order valence-electron chi connectivity index (χ4n) is 1.25. The summed E-state index contributed by atoms with van der Waals surface area (Å²) in [5.41, 5.74) is 11.1. The zero-order chi connectivity index (χ0) is 14.0. The summed E-state index contributed by atoms with van der Waals surface area (Å²) in [6, 6.07) is 4.03. The lowest BCUT2D eigenvalue weighted by Crippen LogP contribution is -2.00. The Bertz CT molecular complexity index is 632. The van der Waals surface area contributed by atoms with Crippen LogP contribution < -0.4 is 11.5 Å². The number of nitrogens with zero attached hydrogens (tertiary/aromatic N) is 3. The lowest BCUT2D eigenvalue weighted by molar-refractivity contribution is 0.0696. The molecule has 2 rings (SSSR count). The van der Waals surface area contributed by atoms with Gasteiger partial charge in [-0.15, -0.1) is 0 Å². The molecule has 0 fully saturated rings. The Kier molecular flexibility index (Phi) is 3.72. The Hall–Kier alpha value is -2.06. The summed E-state index contributed by atoms with van der Waals surface area (Å²) in [6.45, 7) is 0. The number of halogens is 1. The van der Waals surface area contributed by atoms with Crippen molar-refractivity contribution >= 4 is 41.0 Å². The van der Waals surface area contributed by atoms with Crippen molar-refractivity contribution in [3.8, 4) is 0 Å². The van der Waals surface area contributed by atoms with E-state index in [1.165, 1.54) is 18.2 Å². The molecule has 9 heteroatoms. The summed E-state index contributed by atoms with van der Waals surface area (Å²) >= 11 is 6.77. The van der Waals surface area contributed by atoms with E-state index in [2.05, 4.69) is 15.0 Å². The van der Waals surface area contributed by atoms with Gasteiger partial charge in [-0.2, -0.15) is 0 Å². The van der Waals surface area contributed by atoms with E-state index in [0.29, 0.717) is 5.03 Å². The molecular formula is C10H8ClN5O2S. The summed E-state index contributed by atoms with van der Waals surface area (Å²) in [6.07, 6.45) is 0. The molecule has 2 aromatic heterocycles. The third-order valence-corrected chi connectivity index (χ3v) is 2.94. The number of nitrogens with two attached hydrogens (primary N) is 2. The van der Waals surface area contributed by atoms with Gasteiger partial charge in [0, 0.05) is 6.07 Å². The highest BCUT2D eigenvalue weighted by Crippen LogP contribution is 2.26. The van der Waals surface area contributed by atoms with Crippen molar-refractivity contribution in [3.05, 3.63) is 28.9 Å². The zero-order valence-corrected chi connectivity index (χ0v) is 10.9. The number of carboxylic acids is 1. The van der Waals surface area contributed by atoms with Crippen molar-refractivity contribution in [2.75, 3.05) is 11.5 Å². The minimum Gasteiger partial charge on any atom is -0.478 e. The molecule has 2 aromatic rings. The van der Waals surface area contributed by atoms with Gasteiger partial charge in [-0.05, 0) is 23.9 Å². The fourth-order valence-corrected chi connectivity index (χ4v) is 2.33. The number of aromatic carboxylic acids is 1. The first kappa shape index (κ1) is 13.4. The molecule has 5 N–H and O–H groups in total. The van der Waals surface area contributed by atoms with Gasteiger partial charge in [0.15, 0.2) is 5.16 Å². The van der Waals surface area contributed by atoms with Gasteiger partial charge >= 0.3 is 5.97 Å². The molecular weight excluding hydrogens is 290 g/mol. The van der Waals surface area contributed by atoms with Crippen molar-refractivity contribution in [2.24, 2.45) is 0 Å². The average Bonchev–Trinajstić information content (AvgIpc) is 2.26. The smallest absolute Gasteiger partial charge is 0.335 e. The van der Waals surface area contributed by atoms with Gasteiger partial charge in [-0.25, -0.2) is 19.7 Å². The van der Waals surface area contributed by atoms with Crippen LogP contribution in [-0.4, -0.2) is 26.0 Å². The molecule has 7 nitrogen and oxygen atoms in total. The third kappa shape index (κ3) is 3.46. The second-order valence-corrected chi connectivity index (χ2v) is 4.80. The minimum atomic E-state index is -1.10. The van der Waals surface area contributed by atoms with Crippen LogP contribution in [0.15, 0.2) is 28.4 Å². The van der Waals surface area contributed by atoms with Crippen LogP contribution in [0.3, 0.4) is 0 Å².